The van der Waals surface area contributed by atoms with Crippen molar-refractivity contribution < 1.29 is 28.6 Å². The number of ether oxygens (including phenoxy) is 3. The van der Waals surface area contributed by atoms with Gasteiger partial charge in [0.25, 0.3) is 0 Å². The number of esters is 3. The summed E-state index contributed by atoms with van der Waals surface area (Å²) in [6, 6.07) is 7.30. The van der Waals surface area contributed by atoms with Crippen LogP contribution in [-0.2, 0) is 23.8 Å². The van der Waals surface area contributed by atoms with Gasteiger partial charge in [0.2, 0.25) is 0 Å². The normalized spacial score (nSPS) is 8.10. The van der Waals surface area contributed by atoms with E-state index in [1.165, 1.54) is 35.2 Å². The third kappa shape index (κ3) is 13.9. The number of carbonyl (C=O) groups excluding carboxylic acids is 3. The van der Waals surface area contributed by atoms with Crippen LogP contribution in [0.3, 0.4) is 0 Å². The molecule has 6 nitrogen and oxygen atoms in total. The summed E-state index contributed by atoms with van der Waals surface area (Å²) in [5, 5.41) is 0. The minimum Gasteiger partial charge on any atom is -0.469 e. The minimum atomic E-state index is -0.284. The SMILES string of the molecule is COC(=O)c1cccc(C)c1.COC(C)=O.COC(C)=O. The van der Waals surface area contributed by atoms with Crippen LogP contribution in [0.2, 0.25) is 0 Å². The average molecular weight is 298 g/mol. The minimum absolute atomic E-state index is 0.245. The first-order chi connectivity index (χ1) is 9.78. The predicted octanol–water partition coefficient (Wildman–Crippen LogP) is 2.14. The summed E-state index contributed by atoms with van der Waals surface area (Å²) in [7, 11) is 4.08. The van der Waals surface area contributed by atoms with Crippen LogP contribution in [0.4, 0.5) is 0 Å². The lowest BCUT2D eigenvalue weighted by atomic mass is 10.1. The van der Waals surface area contributed by atoms with Crippen LogP contribution < -0.4 is 0 Å². The van der Waals surface area contributed by atoms with Gasteiger partial charge in [0.1, 0.15) is 0 Å². The fourth-order valence-electron chi connectivity index (χ4n) is 0.890. The molecule has 0 atom stereocenters. The number of aryl methyl sites for hydroxylation is 1. The maximum atomic E-state index is 10.9. The number of hydrogen-bond donors (Lipinski definition) is 0. The standard InChI is InChI=1S/C9H10O2.2C3H6O2/c1-7-4-3-5-8(6-7)9(10)11-2;2*1-3(4)5-2/h3-6H,1-2H3;2*1-2H3. The highest BCUT2D eigenvalue weighted by Gasteiger charge is 2.02. The van der Waals surface area contributed by atoms with Crippen LogP contribution in [0, 0.1) is 6.92 Å². The lowest BCUT2D eigenvalue weighted by molar-refractivity contribution is -0.138. The Labute approximate surface area is 125 Å². The molecule has 1 rings (SSSR count). The van der Waals surface area contributed by atoms with E-state index >= 15 is 0 Å². The van der Waals surface area contributed by atoms with Crippen LogP contribution in [0.15, 0.2) is 24.3 Å². The number of benzene rings is 1. The van der Waals surface area contributed by atoms with Crippen LogP contribution in [0.1, 0.15) is 29.8 Å². The molecule has 0 saturated heterocycles. The monoisotopic (exact) mass is 298 g/mol. The molecule has 0 amide bonds. The summed E-state index contributed by atoms with van der Waals surface area (Å²) in [6.45, 7) is 4.66. The molecule has 1 aromatic carbocycles. The Balaban J connectivity index is 0. The second-order valence-electron chi connectivity index (χ2n) is 3.75. The van der Waals surface area contributed by atoms with Crippen molar-refractivity contribution >= 4 is 17.9 Å². The third-order valence-electron chi connectivity index (χ3n) is 2.01. The Hall–Kier alpha value is -2.37. The molecule has 0 fully saturated rings. The molecule has 0 heterocycles. The summed E-state index contributed by atoms with van der Waals surface area (Å²) < 4.78 is 12.8. The smallest absolute Gasteiger partial charge is 0.337 e. The molecular formula is C15H22O6. The Morgan fingerprint density at radius 2 is 1.29 bits per heavy atom. The van der Waals surface area contributed by atoms with Gasteiger partial charge in [0.15, 0.2) is 0 Å². The molecule has 21 heavy (non-hydrogen) atoms. The lowest BCUT2D eigenvalue weighted by Crippen LogP contribution is -2.00. The molecule has 0 unspecified atom stereocenters. The van der Waals surface area contributed by atoms with Crippen LogP contribution in [0.25, 0.3) is 0 Å². The van der Waals surface area contributed by atoms with Crippen molar-refractivity contribution in [2.75, 3.05) is 21.3 Å². The maximum Gasteiger partial charge on any atom is 0.337 e. The number of methoxy groups -OCH3 is 3. The highest BCUT2D eigenvalue weighted by Crippen LogP contribution is 2.04. The van der Waals surface area contributed by atoms with Gasteiger partial charge in [-0.15, -0.1) is 0 Å². The summed E-state index contributed by atoms with van der Waals surface area (Å²) in [4.78, 5) is 30.1. The molecule has 0 saturated carbocycles. The lowest BCUT2D eigenvalue weighted by Gasteiger charge is -1.98. The van der Waals surface area contributed by atoms with Crippen molar-refractivity contribution in [3.63, 3.8) is 0 Å². The van der Waals surface area contributed by atoms with E-state index in [0.29, 0.717) is 5.56 Å². The molecule has 118 valence electrons. The van der Waals surface area contributed by atoms with E-state index in [4.69, 9.17) is 0 Å². The van der Waals surface area contributed by atoms with Gasteiger partial charge in [-0.3, -0.25) is 9.59 Å². The molecular weight excluding hydrogens is 276 g/mol. The van der Waals surface area contributed by atoms with Crippen molar-refractivity contribution in [1.82, 2.24) is 0 Å². The first kappa shape index (κ1) is 20.9. The van der Waals surface area contributed by atoms with E-state index in [2.05, 4.69) is 14.2 Å². The molecule has 0 aliphatic carbocycles. The predicted molar refractivity (Wildman–Crippen MR) is 77.9 cm³/mol. The first-order valence-corrected chi connectivity index (χ1v) is 6.02. The van der Waals surface area contributed by atoms with Crippen molar-refractivity contribution in [2.24, 2.45) is 0 Å². The zero-order valence-corrected chi connectivity index (χ0v) is 13.3. The number of carbonyl (C=O) groups is 3. The fourth-order valence-corrected chi connectivity index (χ4v) is 0.890. The van der Waals surface area contributed by atoms with Crippen molar-refractivity contribution in [3.05, 3.63) is 35.4 Å². The Kier molecular flexibility index (Phi) is 12.6. The van der Waals surface area contributed by atoms with Gasteiger partial charge in [-0.05, 0) is 19.1 Å². The second-order valence-corrected chi connectivity index (χ2v) is 3.75. The van der Waals surface area contributed by atoms with E-state index in [1.54, 1.807) is 12.1 Å². The van der Waals surface area contributed by atoms with Gasteiger partial charge in [-0.1, -0.05) is 17.7 Å². The topological polar surface area (TPSA) is 78.9 Å². The van der Waals surface area contributed by atoms with Crippen molar-refractivity contribution in [3.8, 4) is 0 Å². The zero-order valence-electron chi connectivity index (χ0n) is 13.3. The molecule has 0 aliphatic rings. The second kappa shape index (κ2) is 12.7. The summed E-state index contributed by atoms with van der Waals surface area (Å²) >= 11 is 0. The molecule has 0 N–H and O–H groups in total. The van der Waals surface area contributed by atoms with Gasteiger partial charge in [-0.2, -0.15) is 0 Å². The molecule has 1 aromatic rings. The van der Waals surface area contributed by atoms with Crippen LogP contribution >= 0.6 is 0 Å². The number of rotatable bonds is 1. The van der Waals surface area contributed by atoms with Gasteiger partial charge in [0, 0.05) is 13.8 Å². The molecule has 0 aliphatic heterocycles. The van der Waals surface area contributed by atoms with Crippen molar-refractivity contribution in [1.29, 1.82) is 0 Å². The quantitative estimate of drug-likeness (QED) is 0.584. The first-order valence-electron chi connectivity index (χ1n) is 6.02. The van der Waals surface area contributed by atoms with E-state index in [-0.39, 0.29) is 17.9 Å². The summed E-state index contributed by atoms with van der Waals surface area (Å²) in [6.07, 6.45) is 0. The molecule has 0 spiro atoms. The fraction of sp³-hybridized carbons (Fsp3) is 0.400. The van der Waals surface area contributed by atoms with Crippen LogP contribution in [-0.4, -0.2) is 39.2 Å². The van der Waals surface area contributed by atoms with E-state index in [1.807, 2.05) is 19.1 Å². The van der Waals surface area contributed by atoms with Crippen molar-refractivity contribution in [2.45, 2.75) is 20.8 Å². The van der Waals surface area contributed by atoms with Gasteiger partial charge in [0.05, 0.1) is 26.9 Å². The Morgan fingerprint density at radius 3 is 1.57 bits per heavy atom. The molecule has 0 radical (unpaired) electrons. The van der Waals surface area contributed by atoms with E-state index < -0.39 is 0 Å². The third-order valence-corrected chi connectivity index (χ3v) is 2.01. The zero-order chi connectivity index (χ0) is 16.8. The summed E-state index contributed by atoms with van der Waals surface area (Å²) in [5.74, 6) is -0.774. The summed E-state index contributed by atoms with van der Waals surface area (Å²) in [5.41, 5.74) is 1.67. The molecule has 0 aromatic heterocycles. The Bertz CT molecular complexity index is 439. The maximum absolute atomic E-state index is 10.9. The molecule has 0 bridgehead atoms. The highest BCUT2D eigenvalue weighted by molar-refractivity contribution is 5.89. The highest BCUT2D eigenvalue weighted by atomic mass is 16.5. The largest absolute Gasteiger partial charge is 0.469 e. The van der Waals surface area contributed by atoms with E-state index in [9.17, 15) is 14.4 Å². The van der Waals surface area contributed by atoms with Gasteiger partial charge in [-0.25, -0.2) is 4.79 Å². The van der Waals surface area contributed by atoms with Gasteiger partial charge >= 0.3 is 17.9 Å². The number of hydrogen-bond acceptors (Lipinski definition) is 6. The Morgan fingerprint density at radius 1 is 0.857 bits per heavy atom. The molecule has 6 heteroatoms. The average Bonchev–Trinajstić information content (AvgIpc) is 2.47. The van der Waals surface area contributed by atoms with E-state index in [0.717, 1.165) is 5.56 Å². The van der Waals surface area contributed by atoms with Gasteiger partial charge < -0.3 is 14.2 Å². The van der Waals surface area contributed by atoms with Crippen LogP contribution in [0.5, 0.6) is 0 Å².